The Morgan fingerprint density at radius 1 is 1.22 bits per heavy atom. The van der Waals surface area contributed by atoms with Crippen LogP contribution in [0.25, 0.3) is 10.1 Å². The van der Waals surface area contributed by atoms with Gasteiger partial charge in [0, 0.05) is 17.3 Å². The fraction of sp³-hybridized carbons (Fsp3) is 0.429. The number of rotatable bonds is 7. The summed E-state index contributed by atoms with van der Waals surface area (Å²) >= 11 is 1.77. The van der Waals surface area contributed by atoms with Crippen molar-refractivity contribution in [1.82, 2.24) is 5.32 Å². The van der Waals surface area contributed by atoms with Crippen molar-refractivity contribution in [1.29, 1.82) is 0 Å². The summed E-state index contributed by atoms with van der Waals surface area (Å²) in [6.07, 6.45) is 1.55. The van der Waals surface area contributed by atoms with Gasteiger partial charge in [-0.25, -0.2) is 0 Å². The first kappa shape index (κ1) is 13.5. The second-order valence-corrected chi connectivity index (χ2v) is 5.26. The van der Waals surface area contributed by atoms with E-state index in [1.165, 1.54) is 15.6 Å². The fourth-order valence-corrected chi connectivity index (χ4v) is 3.05. The number of aliphatic hydroxyl groups excluding tert-OH is 2. The normalized spacial score (nSPS) is 13.0. The van der Waals surface area contributed by atoms with Gasteiger partial charge in [0.1, 0.15) is 0 Å². The molecular weight excluding hydrogens is 246 g/mol. The van der Waals surface area contributed by atoms with Crippen molar-refractivity contribution >= 4 is 21.4 Å². The number of aliphatic hydroxyl groups is 2. The SMILES string of the molecule is OCCC(CO)NCCc1csc2ccccc12. The summed E-state index contributed by atoms with van der Waals surface area (Å²) in [7, 11) is 0. The summed E-state index contributed by atoms with van der Waals surface area (Å²) in [6, 6.07) is 8.41. The minimum Gasteiger partial charge on any atom is -0.396 e. The summed E-state index contributed by atoms with van der Waals surface area (Å²) in [5, 5.41) is 24.8. The Hall–Kier alpha value is -0.940. The molecule has 1 aromatic heterocycles. The molecule has 0 aliphatic rings. The molecule has 3 nitrogen and oxygen atoms in total. The van der Waals surface area contributed by atoms with Crippen molar-refractivity contribution in [2.75, 3.05) is 19.8 Å². The van der Waals surface area contributed by atoms with E-state index in [1.807, 2.05) is 0 Å². The van der Waals surface area contributed by atoms with Crippen molar-refractivity contribution in [2.45, 2.75) is 18.9 Å². The minimum atomic E-state index is -0.0000927. The third-order valence-corrected chi connectivity index (χ3v) is 4.10. The molecular formula is C14H19NO2S. The third-order valence-electron chi connectivity index (χ3n) is 3.09. The molecule has 1 aromatic carbocycles. The highest BCUT2D eigenvalue weighted by Crippen LogP contribution is 2.25. The largest absolute Gasteiger partial charge is 0.396 e. The molecule has 0 aliphatic heterocycles. The predicted octanol–water partition coefficient (Wildman–Crippen LogP) is 1.78. The monoisotopic (exact) mass is 265 g/mol. The van der Waals surface area contributed by atoms with E-state index < -0.39 is 0 Å². The van der Waals surface area contributed by atoms with Crippen LogP contribution in [0.2, 0.25) is 0 Å². The Morgan fingerprint density at radius 3 is 2.83 bits per heavy atom. The van der Waals surface area contributed by atoms with Crippen molar-refractivity contribution in [3.8, 4) is 0 Å². The first-order chi connectivity index (χ1) is 8.85. The van der Waals surface area contributed by atoms with Crippen LogP contribution in [0.1, 0.15) is 12.0 Å². The molecule has 1 atom stereocenters. The molecule has 0 radical (unpaired) electrons. The van der Waals surface area contributed by atoms with Gasteiger partial charge in [0.2, 0.25) is 0 Å². The van der Waals surface area contributed by atoms with E-state index >= 15 is 0 Å². The van der Waals surface area contributed by atoms with Crippen LogP contribution in [0.4, 0.5) is 0 Å². The Kier molecular flexibility index (Phi) is 5.13. The fourth-order valence-electron chi connectivity index (χ4n) is 2.05. The lowest BCUT2D eigenvalue weighted by molar-refractivity contribution is 0.201. The molecule has 0 spiro atoms. The van der Waals surface area contributed by atoms with Gasteiger partial charge in [-0.15, -0.1) is 11.3 Å². The maximum absolute atomic E-state index is 9.11. The van der Waals surface area contributed by atoms with Gasteiger partial charge in [0.05, 0.1) is 6.61 Å². The Morgan fingerprint density at radius 2 is 2.06 bits per heavy atom. The molecule has 98 valence electrons. The van der Waals surface area contributed by atoms with Crippen LogP contribution in [0.15, 0.2) is 29.6 Å². The van der Waals surface area contributed by atoms with E-state index in [9.17, 15) is 0 Å². The molecule has 1 unspecified atom stereocenters. The maximum Gasteiger partial charge on any atom is 0.0585 e. The van der Waals surface area contributed by atoms with E-state index in [0.717, 1.165) is 13.0 Å². The number of thiophene rings is 1. The number of hydrogen-bond donors (Lipinski definition) is 3. The summed E-state index contributed by atoms with van der Waals surface area (Å²) in [4.78, 5) is 0. The Bertz CT molecular complexity index is 483. The first-order valence-corrected chi connectivity index (χ1v) is 7.13. The Labute approximate surface area is 111 Å². The molecule has 0 bridgehead atoms. The van der Waals surface area contributed by atoms with Crippen molar-refractivity contribution < 1.29 is 10.2 Å². The summed E-state index contributed by atoms with van der Waals surface area (Å²) in [6.45, 7) is 1.01. The van der Waals surface area contributed by atoms with Gasteiger partial charge < -0.3 is 15.5 Å². The maximum atomic E-state index is 9.11. The molecule has 0 aliphatic carbocycles. The lowest BCUT2D eigenvalue weighted by atomic mass is 10.1. The van der Waals surface area contributed by atoms with Crippen molar-refractivity contribution in [2.24, 2.45) is 0 Å². The zero-order valence-electron chi connectivity index (χ0n) is 10.3. The average Bonchev–Trinajstić information content (AvgIpc) is 2.81. The standard InChI is InChI=1S/C14H19NO2S/c16-8-6-12(9-17)15-7-5-11-10-18-14-4-2-1-3-13(11)14/h1-4,10,12,15-17H,5-9H2. The number of fused-ring (bicyclic) bond motifs is 1. The minimum absolute atomic E-state index is 0.0000927. The number of benzene rings is 1. The first-order valence-electron chi connectivity index (χ1n) is 6.25. The van der Waals surface area contributed by atoms with E-state index in [-0.39, 0.29) is 19.3 Å². The molecule has 2 rings (SSSR count). The van der Waals surface area contributed by atoms with Crippen LogP contribution in [-0.4, -0.2) is 36.0 Å². The van der Waals surface area contributed by atoms with Gasteiger partial charge in [0.15, 0.2) is 0 Å². The lowest BCUT2D eigenvalue weighted by Crippen LogP contribution is -2.34. The highest BCUT2D eigenvalue weighted by Gasteiger charge is 2.07. The molecule has 0 saturated carbocycles. The molecule has 0 saturated heterocycles. The van der Waals surface area contributed by atoms with E-state index in [0.29, 0.717) is 6.42 Å². The zero-order valence-corrected chi connectivity index (χ0v) is 11.1. The summed E-state index contributed by atoms with van der Waals surface area (Å²) in [5.74, 6) is 0. The van der Waals surface area contributed by atoms with E-state index in [2.05, 4.69) is 35.0 Å². The van der Waals surface area contributed by atoms with Crippen LogP contribution in [0.3, 0.4) is 0 Å². The average molecular weight is 265 g/mol. The Balaban J connectivity index is 1.90. The van der Waals surface area contributed by atoms with Gasteiger partial charge >= 0.3 is 0 Å². The third kappa shape index (κ3) is 3.29. The molecule has 4 heteroatoms. The summed E-state index contributed by atoms with van der Waals surface area (Å²) in [5.41, 5.74) is 1.35. The van der Waals surface area contributed by atoms with Gasteiger partial charge in [-0.1, -0.05) is 18.2 Å². The van der Waals surface area contributed by atoms with Crippen molar-refractivity contribution in [3.05, 3.63) is 35.2 Å². The molecule has 1 heterocycles. The molecule has 0 fully saturated rings. The van der Waals surface area contributed by atoms with Crippen LogP contribution in [0, 0.1) is 0 Å². The van der Waals surface area contributed by atoms with Crippen molar-refractivity contribution in [3.63, 3.8) is 0 Å². The van der Waals surface area contributed by atoms with Gasteiger partial charge in [-0.3, -0.25) is 0 Å². The topological polar surface area (TPSA) is 52.5 Å². The molecule has 2 aromatic rings. The number of hydrogen-bond acceptors (Lipinski definition) is 4. The van der Waals surface area contributed by atoms with Crippen LogP contribution in [0.5, 0.6) is 0 Å². The lowest BCUT2D eigenvalue weighted by Gasteiger charge is -2.14. The summed E-state index contributed by atoms with van der Waals surface area (Å²) < 4.78 is 1.32. The van der Waals surface area contributed by atoms with E-state index in [4.69, 9.17) is 10.2 Å². The van der Waals surface area contributed by atoms with Crippen LogP contribution >= 0.6 is 11.3 Å². The molecule has 3 N–H and O–H groups in total. The molecule has 0 amide bonds. The zero-order chi connectivity index (χ0) is 12.8. The van der Waals surface area contributed by atoms with Gasteiger partial charge in [-0.2, -0.15) is 0 Å². The quantitative estimate of drug-likeness (QED) is 0.715. The molecule has 18 heavy (non-hydrogen) atoms. The van der Waals surface area contributed by atoms with Crippen LogP contribution < -0.4 is 5.32 Å². The number of nitrogens with one attached hydrogen (secondary N) is 1. The second-order valence-electron chi connectivity index (χ2n) is 4.35. The highest BCUT2D eigenvalue weighted by atomic mass is 32.1. The predicted molar refractivity (Wildman–Crippen MR) is 76.1 cm³/mol. The highest BCUT2D eigenvalue weighted by molar-refractivity contribution is 7.17. The van der Waals surface area contributed by atoms with Gasteiger partial charge in [0.25, 0.3) is 0 Å². The second kappa shape index (κ2) is 6.85. The van der Waals surface area contributed by atoms with Gasteiger partial charge in [-0.05, 0) is 41.8 Å². The van der Waals surface area contributed by atoms with Crippen LogP contribution in [-0.2, 0) is 6.42 Å². The smallest absolute Gasteiger partial charge is 0.0585 e. The van der Waals surface area contributed by atoms with E-state index in [1.54, 1.807) is 11.3 Å².